The van der Waals surface area contributed by atoms with Gasteiger partial charge >= 0.3 is 0 Å². The van der Waals surface area contributed by atoms with Gasteiger partial charge in [-0.3, -0.25) is 4.99 Å². The fraction of sp³-hybridized carbons (Fsp3) is 0.769. The van der Waals surface area contributed by atoms with Crippen molar-refractivity contribution in [2.45, 2.75) is 26.7 Å². The number of nitrogens with one attached hydrogen (secondary N) is 1. The molecule has 0 atom stereocenters. The van der Waals surface area contributed by atoms with Crippen LogP contribution in [-0.4, -0.2) is 50.8 Å². The summed E-state index contributed by atoms with van der Waals surface area (Å²) in [5, 5.41) is 3.28. The molecule has 0 aliphatic rings. The van der Waals surface area contributed by atoms with Crippen molar-refractivity contribution in [1.29, 1.82) is 0 Å². The molecule has 0 aliphatic heterocycles. The Labute approximate surface area is 106 Å². The van der Waals surface area contributed by atoms with E-state index in [9.17, 15) is 0 Å². The number of hydrogen-bond donors (Lipinski definition) is 1. The molecule has 17 heavy (non-hydrogen) atoms. The average Bonchev–Trinajstić information content (AvgIpc) is 2.33. The molecule has 0 saturated heterocycles. The second-order valence-corrected chi connectivity index (χ2v) is 3.79. The van der Waals surface area contributed by atoms with Crippen molar-refractivity contribution in [1.82, 2.24) is 10.2 Å². The number of rotatable bonds is 9. The summed E-state index contributed by atoms with van der Waals surface area (Å²) < 4.78 is 5.27. The number of unbranched alkanes of at least 4 members (excludes halogenated alkanes) is 1. The third-order valence-corrected chi connectivity index (χ3v) is 2.30. The highest BCUT2D eigenvalue weighted by Gasteiger charge is 2.03. The molecule has 1 N–H and O–H groups in total. The Bertz CT molecular complexity index is 217. The zero-order valence-electron chi connectivity index (χ0n) is 11.5. The second kappa shape index (κ2) is 11.5. The second-order valence-electron chi connectivity index (χ2n) is 3.79. The Kier molecular flexibility index (Phi) is 10.8. The molecule has 0 aliphatic carbocycles. The van der Waals surface area contributed by atoms with E-state index in [0.717, 1.165) is 38.5 Å². The van der Waals surface area contributed by atoms with Gasteiger partial charge in [-0.15, -0.1) is 6.58 Å². The van der Waals surface area contributed by atoms with Crippen LogP contribution in [0.25, 0.3) is 0 Å². The molecule has 4 heteroatoms. The van der Waals surface area contributed by atoms with E-state index in [1.165, 1.54) is 0 Å². The van der Waals surface area contributed by atoms with Crippen LogP contribution in [0, 0.1) is 0 Å². The highest BCUT2D eigenvalue weighted by atomic mass is 16.5. The number of guanidine groups is 1. The maximum atomic E-state index is 5.27. The number of ether oxygens (including phenoxy) is 1. The van der Waals surface area contributed by atoms with E-state index < -0.39 is 0 Å². The third-order valence-electron chi connectivity index (χ3n) is 2.30. The molecule has 0 radical (unpaired) electrons. The van der Waals surface area contributed by atoms with Crippen molar-refractivity contribution in [3.63, 3.8) is 0 Å². The third kappa shape index (κ3) is 8.74. The molecule has 4 nitrogen and oxygen atoms in total. The molecule has 0 fully saturated rings. The van der Waals surface area contributed by atoms with E-state index >= 15 is 0 Å². The van der Waals surface area contributed by atoms with Crippen LogP contribution in [-0.2, 0) is 4.74 Å². The highest BCUT2D eigenvalue weighted by Crippen LogP contribution is 1.94. The van der Waals surface area contributed by atoms with Crippen molar-refractivity contribution >= 4 is 5.96 Å². The maximum Gasteiger partial charge on any atom is 0.193 e. The molecule has 0 rings (SSSR count). The fourth-order valence-electron chi connectivity index (χ4n) is 1.41. The summed E-state index contributed by atoms with van der Waals surface area (Å²) >= 11 is 0. The van der Waals surface area contributed by atoms with Crippen molar-refractivity contribution in [3.05, 3.63) is 12.7 Å². The van der Waals surface area contributed by atoms with Crippen molar-refractivity contribution in [2.75, 3.05) is 39.9 Å². The lowest BCUT2D eigenvalue weighted by atomic mass is 10.3. The van der Waals surface area contributed by atoms with E-state index in [1.54, 1.807) is 0 Å². The number of hydrogen-bond acceptors (Lipinski definition) is 2. The Morgan fingerprint density at radius 1 is 1.47 bits per heavy atom. The van der Waals surface area contributed by atoms with E-state index in [4.69, 9.17) is 4.74 Å². The monoisotopic (exact) mass is 241 g/mol. The largest absolute Gasteiger partial charge is 0.380 e. The Hall–Kier alpha value is -1.03. The number of aliphatic imine (C=N–C) groups is 1. The van der Waals surface area contributed by atoms with Crippen LogP contribution < -0.4 is 5.32 Å². The van der Waals surface area contributed by atoms with E-state index in [1.807, 2.05) is 13.0 Å². The van der Waals surface area contributed by atoms with Crippen molar-refractivity contribution in [2.24, 2.45) is 4.99 Å². The Balaban J connectivity index is 4.03. The maximum absolute atomic E-state index is 5.27. The van der Waals surface area contributed by atoms with Gasteiger partial charge in [-0.05, 0) is 26.7 Å². The standard InChI is InChI=1S/C13H27N3O/c1-5-8-9-11-16(4)13(14-6-2)15-10-12-17-7-3/h5H,1,6-12H2,2-4H3,(H,14,15). The smallest absolute Gasteiger partial charge is 0.193 e. The molecule has 0 aromatic heterocycles. The van der Waals surface area contributed by atoms with Gasteiger partial charge in [0, 0.05) is 26.7 Å². The first-order chi connectivity index (χ1) is 8.26. The molecule has 0 amide bonds. The van der Waals surface area contributed by atoms with E-state index in [-0.39, 0.29) is 0 Å². The lowest BCUT2D eigenvalue weighted by molar-refractivity contribution is 0.155. The summed E-state index contributed by atoms with van der Waals surface area (Å²) in [5.74, 6) is 0.955. The lowest BCUT2D eigenvalue weighted by Gasteiger charge is -2.21. The van der Waals surface area contributed by atoms with E-state index in [2.05, 4.69) is 35.8 Å². The normalized spacial score (nSPS) is 11.4. The van der Waals surface area contributed by atoms with E-state index in [0.29, 0.717) is 13.2 Å². The topological polar surface area (TPSA) is 36.9 Å². The molecular weight excluding hydrogens is 214 g/mol. The van der Waals surface area contributed by atoms with Gasteiger partial charge in [-0.1, -0.05) is 6.08 Å². The Morgan fingerprint density at radius 2 is 2.24 bits per heavy atom. The molecule has 100 valence electrons. The molecule has 0 bridgehead atoms. The quantitative estimate of drug-likeness (QED) is 0.290. The first-order valence-electron chi connectivity index (χ1n) is 6.44. The molecule has 0 spiro atoms. The minimum atomic E-state index is 0.686. The zero-order chi connectivity index (χ0) is 12.9. The summed E-state index contributed by atoms with van der Waals surface area (Å²) in [5.41, 5.74) is 0. The van der Waals surface area contributed by atoms with Crippen LogP contribution in [0.3, 0.4) is 0 Å². The van der Waals surface area contributed by atoms with Crippen LogP contribution in [0.15, 0.2) is 17.6 Å². The summed E-state index contributed by atoms with van der Waals surface area (Å²) in [6.45, 7) is 11.8. The van der Waals surface area contributed by atoms with Crippen LogP contribution in [0.5, 0.6) is 0 Å². The molecule has 0 aromatic rings. The molecule has 0 aromatic carbocycles. The summed E-state index contributed by atoms with van der Waals surface area (Å²) in [7, 11) is 2.06. The van der Waals surface area contributed by atoms with Gasteiger partial charge in [-0.2, -0.15) is 0 Å². The van der Waals surface area contributed by atoms with Gasteiger partial charge in [0.15, 0.2) is 5.96 Å². The van der Waals surface area contributed by atoms with Crippen LogP contribution in [0.2, 0.25) is 0 Å². The van der Waals surface area contributed by atoms with Gasteiger partial charge < -0.3 is 15.0 Å². The zero-order valence-corrected chi connectivity index (χ0v) is 11.5. The van der Waals surface area contributed by atoms with Gasteiger partial charge in [0.05, 0.1) is 13.2 Å². The molecule has 0 heterocycles. The number of nitrogens with zero attached hydrogens (tertiary/aromatic N) is 2. The lowest BCUT2D eigenvalue weighted by Crippen LogP contribution is -2.39. The SMILES string of the molecule is C=CCCCN(C)C(=NCCOCC)NCC. The Morgan fingerprint density at radius 3 is 2.82 bits per heavy atom. The van der Waals surface area contributed by atoms with Gasteiger partial charge in [-0.25, -0.2) is 0 Å². The van der Waals surface area contributed by atoms with Crippen LogP contribution in [0.4, 0.5) is 0 Å². The first-order valence-corrected chi connectivity index (χ1v) is 6.44. The van der Waals surface area contributed by atoms with Crippen LogP contribution >= 0.6 is 0 Å². The summed E-state index contributed by atoms with van der Waals surface area (Å²) in [4.78, 5) is 6.66. The molecular formula is C13H27N3O. The number of allylic oxidation sites excluding steroid dienone is 1. The van der Waals surface area contributed by atoms with Crippen LogP contribution in [0.1, 0.15) is 26.7 Å². The average molecular weight is 241 g/mol. The first kappa shape index (κ1) is 16.0. The fourth-order valence-corrected chi connectivity index (χ4v) is 1.41. The molecule has 0 saturated carbocycles. The van der Waals surface area contributed by atoms with Gasteiger partial charge in [0.2, 0.25) is 0 Å². The molecule has 0 unspecified atom stereocenters. The highest BCUT2D eigenvalue weighted by molar-refractivity contribution is 5.79. The minimum absolute atomic E-state index is 0.686. The van der Waals surface area contributed by atoms with Gasteiger partial charge in [0.25, 0.3) is 0 Å². The predicted molar refractivity (Wildman–Crippen MR) is 74.5 cm³/mol. The predicted octanol–water partition coefficient (Wildman–Crippen LogP) is 1.89. The minimum Gasteiger partial charge on any atom is -0.380 e. The summed E-state index contributed by atoms with van der Waals surface area (Å²) in [6.07, 6.45) is 4.10. The van der Waals surface area contributed by atoms with Gasteiger partial charge in [0.1, 0.15) is 0 Å². The summed E-state index contributed by atoms with van der Waals surface area (Å²) in [6, 6.07) is 0. The van der Waals surface area contributed by atoms with Crippen molar-refractivity contribution in [3.8, 4) is 0 Å². The van der Waals surface area contributed by atoms with Crippen molar-refractivity contribution < 1.29 is 4.74 Å².